The number of amides is 2. The molecule has 0 bridgehead atoms. The third kappa shape index (κ3) is 4.23. The second kappa shape index (κ2) is 7.52. The smallest absolute Gasteiger partial charge is 0.319 e. The molecule has 0 spiro atoms. The summed E-state index contributed by atoms with van der Waals surface area (Å²) in [4.78, 5) is 11.3. The van der Waals surface area contributed by atoms with Crippen LogP contribution in [0, 0.1) is 0 Å². The summed E-state index contributed by atoms with van der Waals surface area (Å²) < 4.78 is 5.59. The van der Waals surface area contributed by atoms with Crippen molar-refractivity contribution in [2.45, 2.75) is 13.0 Å². The number of hydrogen-bond acceptors (Lipinski definition) is 4. The molecule has 0 aliphatic carbocycles. The number of benzene rings is 1. The van der Waals surface area contributed by atoms with E-state index in [1.54, 1.807) is 13.1 Å². The number of carbonyl (C=O) groups is 1. The van der Waals surface area contributed by atoms with Crippen molar-refractivity contribution in [1.82, 2.24) is 5.32 Å². The Morgan fingerprint density at radius 3 is 2.78 bits per heavy atom. The van der Waals surface area contributed by atoms with Gasteiger partial charge in [0.05, 0.1) is 12.3 Å². The summed E-state index contributed by atoms with van der Waals surface area (Å²) in [5.41, 5.74) is 12.5. The molecule has 6 nitrogen and oxygen atoms in total. The Kier molecular flexibility index (Phi) is 5.96. The summed E-state index contributed by atoms with van der Waals surface area (Å²) in [6.45, 7) is 1.50. The third-order valence-electron chi connectivity index (χ3n) is 2.36. The van der Waals surface area contributed by atoms with Gasteiger partial charge in [-0.25, -0.2) is 4.79 Å². The average molecular weight is 252 g/mol. The molecule has 0 aromatic heterocycles. The number of carbonyl (C=O) groups excluding carboxylic acids is 1. The Morgan fingerprint density at radius 1 is 1.39 bits per heavy atom. The van der Waals surface area contributed by atoms with Crippen molar-refractivity contribution in [1.29, 1.82) is 0 Å². The van der Waals surface area contributed by atoms with Crippen molar-refractivity contribution in [2.24, 2.45) is 11.5 Å². The molecule has 0 unspecified atom stereocenters. The van der Waals surface area contributed by atoms with Gasteiger partial charge in [-0.1, -0.05) is 6.07 Å². The monoisotopic (exact) mass is 252 g/mol. The van der Waals surface area contributed by atoms with E-state index in [0.29, 0.717) is 31.1 Å². The van der Waals surface area contributed by atoms with Gasteiger partial charge in [-0.2, -0.15) is 0 Å². The molecular weight excluding hydrogens is 232 g/mol. The first-order chi connectivity index (χ1) is 8.71. The SMILES string of the molecule is CNC(=O)Nc1ccc(CN)cc1OCCCN. The maximum absolute atomic E-state index is 11.3. The van der Waals surface area contributed by atoms with E-state index in [-0.39, 0.29) is 6.03 Å². The quantitative estimate of drug-likeness (QED) is 0.557. The molecular formula is C12H20N4O2. The van der Waals surface area contributed by atoms with E-state index >= 15 is 0 Å². The lowest BCUT2D eigenvalue weighted by Crippen LogP contribution is -2.24. The number of nitrogens with two attached hydrogens (primary N) is 2. The summed E-state index contributed by atoms with van der Waals surface area (Å²) in [6.07, 6.45) is 0.756. The molecule has 1 aromatic carbocycles. The van der Waals surface area contributed by atoms with E-state index in [1.165, 1.54) is 0 Å². The highest BCUT2D eigenvalue weighted by Gasteiger charge is 2.07. The van der Waals surface area contributed by atoms with Gasteiger partial charge in [-0.15, -0.1) is 0 Å². The second-order valence-corrected chi connectivity index (χ2v) is 3.73. The predicted octanol–water partition coefficient (Wildman–Crippen LogP) is 0.624. The molecule has 100 valence electrons. The summed E-state index contributed by atoms with van der Waals surface area (Å²) >= 11 is 0. The number of nitrogens with one attached hydrogen (secondary N) is 2. The molecule has 0 fully saturated rings. The number of urea groups is 1. The van der Waals surface area contributed by atoms with E-state index in [9.17, 15) is 4.79 Å². The van der Waals surface area contributed by atoms with Crippen LogP contribution in [0.1, 0.15) is 12.0 Å². The topological polar surface area (TPSA) is 102 Å². The Hall–Kier alpha value is -1.79. The maximum Gasteiger partial charge on any atom is 0.319 e. The lowest BCUT2D eigenvalue weighted by molar-refractivity contribution is 0.253. The van der Waals surface area contributed by atoms with Crippen LogP contribution in [-0.4, -0.2) is 26.2 Å². The molecule has 0 radical (unpaired) electrons. The highest BCUT2D eigenvalue weighted by atomic mass is 16.5. The second-order valence-electron chi connectivity index (χ2n) is 3.73. The predicted molar refractivity (Wildman–Crippen MR) is 71.6 cm³/mol. The van der Waals surface area contributed by atoms with Gasteiger partial charge in [0.25, 0.3) is 0 Å². The van der Waals surface area contributed by atoms with E-state index < -0.39 is 0 Å². The molecule has 0 saturated heterocycles. The fourth-order valence-electron chi connectivity index (χ4n) is 1.37. The summed E-state index contributed by atoms with van der Waals surface area (Å²) in [5, 5.41) is 5.18. The molecule has 1 rings (SSSR count). The number of rotatable bonds is 6. The Bertz CT molecular complexity index is 396. The van der Waals surface area contributed by atoms with E-state index in [0.717, 1.165) is 12.0 Å². The van der Waals surface area contributed by atoms with Crippen LogP contribution in [0.2, 0.25) is 0 Å². The summed E-state index contributed by atoms with van der Waals surface area (Å²) in [6, 6.07) is 5.15. The zero-order valence-corrected chi connectivity index (χ0v) is 10.5. The molecule has 0 aliphatic rings. The molecule has 18 heavy (non-hydrogen) atoms. The maximum atomic E-state index is 11.3. The van der Waals surface area contributed by atoms with Crippen LogP contribution < -0.4 is 26.8 Å². The Balaban J connectivity index is 2.82. The summed E-state index contributed by atoms with van der Waals surface area (Å²) in [7, 11) is 1.55. The first kappa shape index (κ1) is 14.3. The van der Waals surface area contributed by atoms with Crippen molar-refractivity contribution in [3.63, 3.8) is 0 Å². The van der Waals surface area contributed by atoms with E-state index in [4.69, 9.17) is 16.2 Å². The van der Waals surface area contributed by atoms with Gasteiger partial charge in [0.15, 0.2) is 0 Å². The minimum Gasteiger partial charge on any atom is -0.491 e. The van der Waals surface area contributed by atoms with Crippen LogP contribution in [0.15, 0.2) is 18.2 Å². The standard InChI is InChI=1S/C12H20N4O2/c1-15-12(17)16-10-4-3-9(8-14)7-11(10)18-6-2-5-13/h3-4,7H,2,5-6,8,13-14H2,1H3,(H2,15,16,17). The van der Waals surface area contributed by atoms with E-state index in [1.807, 2.05) is 12.1 Å². The average Bonchev–Trinajstić information content (AvgIpc) is 2.40. The molecule has 0 aliphatic heterocycles. The number of ether oxygens (including phenoxy) is 1. The number of hydrogen-bond donors (Lipinski definition) is 4. The first-order valence-electron chi connectivity index (χ1n) is 5.86. The Morgan fingerprint density at radius 2 is 2.17 bits per heavy atom. The van der Waals surface area contributed by atoms with Crippen LogP contribution in [0.3, 0.4) is 0 Å². The highest BCUT2D eigenvalue weighted by Crippen LogP contribution is 2.26. The van der Waals surface area contributed by atoms with Crippen molar-refractivity contribution in [3.8, 4) is 5.75 Å². The fourth-order valence-corrected chi connectivity index (χ4v) is 1.37. The Labute approximate surface area is 107 Å². The minimum atomic E-state index is -0.292. The molecule has 0 heterocycles. The van der Waals surface area contributed by atoms with Crippen LogP contribution in [0.25, 0.3) is 0 Å². The zero-order chi connectivity index (χ0) is 13.4. The van der Waals surface area contributed by atoms with Gasteiger partial charge in [0.2, 0.25) is 0 Å². The van der Waals surface area contributed by atoms with Gasteiger partial charge < -0.3 is 26.8 Å². The third-order valence-corrected chi connectivity index (χ3v) is 2.36. The molecule has 6 N–H and O–H groups in total. The van der Waals surface area contributed by atoms with Crippen molar-refractivity contribution in [3.05, 3.63) is 23.8 Å². The van der Waals surface area contributed by atoms with E-state index in [2.05, 4.69) is 10.6 Å². The normalized spacial score (nSPS) is 9.94. The molecule has 2 amide bonds. The molecule has 1 aromatic rings. The van der Waals surface area contributed by atoms with Crippen molar-refractivity contribution >= 4 is 11.7 Å². The molecule has 0 atom stereocenters. The highest BCUT2D eigenvalue weighted by molar-refractivity contribution is 5.90. The lowest BCUT2D eigenvalue weighted by atomic mass is 10.2. The van der Waals surface area contributed by atoms with Crippen LogP contribution >= 0.6 is 0 Å². The van der Waals surface area contributed by atoms with Crippen LogP contribution in [-0.2, 0) is 6.54 Å². The van der Waals surface area contributed by atoms with Gasteiger partial charge >= 0.3 is 6.03 Å². The van der Waals surface area contributed by atoms with Crippen LogP contribution in [0.5, 0.6) is 5.75 Å². The van der Waals surface area contributed by atoms with Crippen molar-refractivity contribution in [2.75, 3.05) is 25.5 Å². The lowest BCUT2D eigenvalue weighted by Gasteiger charge is -2.13. The molecule has 0 saturated carbocycles. The number of anilines is 1. The van der Waals surface area contributed by atoms with Crippen molar-refractivity contribution < 1.29 is 9.53 Å². The zero-order valence-electron chi connectivity index (χ0n) is 10.5. The summed E-state index contributed by atoms with van der Waals surface area (Å²) in [5.74, 6) is 0.606. The first-order valence-corrected chi connectivity index (χ1v) is 5.86. The van der Waals surface area contributed by atoms with Gasteiger partial charge in [0, 0.05) is 13.6 Å². The van der Waals surface area contributed by atoms with Crippen LogP contribution in [0.4, 0.5) is 10.5 Å². The molecule has 6 heteroatoms. The van der Waals surface area contributed by atoms with Gasteiger partial charge in [-0.3, -0.25) is 0 Å². The fraction of sp³-hybridized carbons (Fsp3) is 0.417. The van der Waals surface area contributed by atoms with Gasteiger partial charge in [-0.05, 0) is 30.7 Å². The van der Waals surface area contributed by atoms with Gasteiger partial charge in [0.1, 0.15) is 5.75 Å². The minimum absolute atomic E-state index is 0.292. The largest absolute Gasteiger partial charge is 0.491 e.